The monoisotopic (exact) mass is 316 g/mol. The first kappa shape index (κ1) is 17.3. The summed E-state index contributed by atoms with van der Waals surface area (Å²) in [6.07, 6.45) is 3.11. The fourth-order valence-electron chi connectivity index (χ4n) is 2.89. The second-order valence-electron chi connectivity index (χ2n) is 5.28. The zero-order chi connectivity index (χ0) is 13.8. The van der Waals surface area contributed by atoms with E-state index in [9.17, 15) is 4.79 Å². The van der Waals surface area contributed by atoms with Crippen LogP contribution in [-0.4, -0.2) is 12.5 Å². The van der Waals surface area contributed by atoms with Crippen LogP contribution in [0.1, 0.15) is 37.8 Å². The summed E-state index contributed by atoms with van der Waals surface area (Å²) in [5, 5.41) is 3.76. The summed E-state index contributed by atoms with van der Waals surface area (Å²) in [4.78, 5) is 12.3. The third-order valence-electron chi connectivity index (χ3n) is 4.03. The Bertz CT molecular complexity index is 453. The maximum Gasteiger partial charge on any atom is 0.223 e. The number of hydrogen-bond donors (Lipinski definition) is 2. The van der Waals surface area contributed by atoms with Gasteiger partial charge in [0.2, 0.25) is 5.91 Å². The van der Waals surface area contributed by atoms with Crippen LogP contribution in [0.4, 0.5) is 0 Å². The molecule has 112 valence electrons. The Morgan fingerprint density at radius 3 is 2.80 bits per heavy atom. The third-order valence-corrected chi connectivity index (χ3v) is 4.37. The second-order valence-corrected chi connectivity index (χ2v) is 5.69. The van der Waals surface area contributed by atoms with Crippen molar-refractivity contribution in [1.82, 2.24) is 5.32 Å². The fraction of sp³-hybridized carbons (Fsp3) is 0.533. The minimum atomic E-state index is -0.0692. The van der Waals surface area contributed by atoms with Gasteiger partial charge in [0.15, 0.2) is 0 Å². The smallest absolute Gasteiger partial charge is 0.223 e. The summed E-state index contributed by atoms with van der Waals surface area (Å²) in [5.74, 6) is 0.508. The fourth-order valence-corrected chi connectivity index (χ4v) is 3.19. The molecule has 1 amide bonds. The molecule has 0 heterocycles. The van der Waals surface area contributed by atoms with Gasteiger partial charge in [-0.15, -0.1) is 12.4 Å². The molecule has 5 heteroatoms. The highest BCUT2D eigenvalue weighted by Crippen LogP contribution is 2.32. The first-order valence-electron chi connectivity index (χ1n) is 6.88. The summed E-state index contributed by atoms with van der Waals surface area (Å²) >= 11 is 6.15. The molecule has 20 heavy (non-hydrogen) atoms. The Hall–Kier alpha value is -0.770. The van der Waals surface area contributed by atoms with Gasteiger partial charge in [-0.2, -0.15) is 0 Å². The Morgan fingerprint density at radius 2 is 2.15 bits per heavy atom. The number of halogens is 2. The number of hydrogen-bond acceptors (Lipinski definition) is 2. The van der Waals surface area contributed by atoms with Crippen LogP contribution in [0.15, 0.2) is 24.3 Å². The molecule has 0 aliphatic heterocycles. The van der Waals surface area contributed by atoms with Crippen molar-refractivity contribution in [1.29, 1.82) is 0 Å². The number of benzene rings is 1. The number of nitrogens with two attached hydrogens (primary N) is 1. The van der Waals surface area contributed by atoms with Crippen molar-refractivity contribution in [3.05, 3.63) is 34.9 Å². The van der Waals surface area contributed by atoms with Crippen LogP contribution in [-0.2, 0) is 4.79 Å². The zero-order valence-electron chi connectivity index (χ0n) is 11.6. The predicted octanol–water partition coefficient (Wildman–Crippen LogP) is 3.31. The van der Waals surface area contributed by atoms with Crippen molar-refractivity contribution >= 4 is 29.9 Å². The van der Waals surface area contributed by atoms with Crippen LogP contribution >= 0.6 is 24.0 Å². The highest BCUT2D eigenvalue weighted by Gasteiger charge is 2.32. The number of nitrogens with one attached hydrogen (secondary N) is 1. The number of carbonyl (C=O) groups is 1. The van der Waals surface area contributed by atoms with E-state index in [0.29, 0.717) is 17.5 Å². The Labute approximate surface area is 131 Å². The standard InChI is InChI=1S/C15H21ClN2O.ClH/c1-10(12-6-2-3-8-14(12)16)18-15(19)13-7-4-5-11(13)9-17;/h2-3,6,8,10-11,13H,4-5,7,9,17H2,1H3,(H,18,19);1H/t10?,11-,13-;/m1./s1. The van der Waals surface area contributed by atoms with Crippen molar-refractivity contribution in [2.24, 2.45) is 17.6 Å². The predicted molar refractivity (Wildman–Crippen MR) is 85.1 cm³/mol. The van der Waals surface area contributed by atoms with Gasteiger partial charge < -0.3 is 11.1 Å². The third kappa shape index (κ3) is 3.87. The van der Waals surface area contributed by atoms with E-state index in [-0.39, 0.29) is 30.3 Å². The van der Waals surface area contributed by atoms with Crippen LogP contribution < -0.4 is 11.1 Å². The summed E-state index contributed by atoms with van der Waals surface area (Å²) < 4.78 is 0. The highest BCUT2D eigenvalue weighted by atomic mass is 35.5. The van der Waals surface area contributed by atoms with Gasteiger partial charge in [-0.1, -0.05) is 36.2 Å². The summed E-state index contributed by atoms with van der Waals surface area (Å²) in [6, 6.07) is 7.55. The quantitative estimate of drug-likeness (QED) is 0.895. The molecule has 3 N–H and O–H groups in total. The minimum absolute atomic E-state index is 0. The molecule has 1 fully saturated rings. The van der Waals surface area contributed by atoms with E-state index < -0.39 is 0 Å². The molecule has 1 aliphatic rings. The lowest BCUT2D eigenvalue weighted by atomic mass is 9.94. The molecule has 3 nitrogen and oxygen atoms in total. The maximum atomic E-state index is 12.3. The largest absolute Gasteiger partial charge is 0.349 e. The second kappa shape index (κ2) is 7.87. The Kier molecular flexibility index (Phi) is 6.80. The molecule has 1 aliphatic carbocycles. The summed E-state index contributed by atoms with van der Waals surface area (Å²) in [7, 11) is 0. The van der Waals surface area contributed by atoms with Gasteiger partial charge >= 0.3 is 0 Å². The van der Waals surface area contributed by atoms with Gasteiger partial charge in [-0.25, -0.2) is 0 Å². The first-order valence-corrected chi connectivity index (χ1v) is 7.26. The summed E-state index contributed by atoms with van der Waals surface area (Å²) in [5.41, 5.74) is 6.69. The molecule has 3 atom stereocenters. The van der Waals surface area contributed by atoms with Crippen LogP contribution in [0.3, 0.4) is 0 Å². The normalized spacial score (nSPS) is 22.9. The van der Waals surface area contributed by atoms with Gasteiger partial charge in [0.1, 0.15) is 0 Å². The molecule has 0 aromatic heterocycles. The van der Waals surface area contributed by atoms with Crippen molar-refractivity contribution in [3.63, 3.8) is 0 Å². The lowest BCUT2D eigenvalue weighted by molar-refractivity contribution is -0.126. The molecular formula is C15H22Cl2N2O. The molecule has 1 saturated carbocycles. The molecule has 2 rings (SSSR count). The lowest BCUT2D eigenvalue weighted by Crippen LogP contribution is -2.36. The van der Waals surface area contributed by atoms with Crippen LogP contribution in [0, 0.1) is 11.8 Å². The van der Waals surface area contributed by atoms with E-state index in [1.54, 1.807) is 0 Å². The Balaban J connectivity index is 0.00000200. The molecule has 0 spiro atoms. The molecule has 0 bridgehead atoms. The topological polar surface area (TPSA) is 55.1 Å². The molecule has 1 aromatic rings. The van der Waals surface area contributed by atoms with Crippen LogP contribution in [0.5, 0.6) is 0 Å². The molecule has 0 radical (unpaired) electrons. The first-order chi connectivity index (χ1) is 9.13. The van der Waals surface area contributed by atoms with E-state index in [1.807, 2.05) is 31.2 Å². The number of carbonyl (C=O) groups excluding carboxylic acids is 1. The zero-order valence-corrected chi connectivity index (χ0v) is 13.2. The van der Waals surface area contributed by atoms with Crippen molar-refractivity contribution in [3.8, 4) is 0 Å². The van der Waals surface area contributed by atoms with Crippen molar-refractivity contribution in [2.75, 3.05) is 6.54 Å². The van der Waals surface area contributed by atoms with Crippen molar-refractivity contribution < 1.29 is 4.79 Å². The van der Waals surface area contributed by atoms with E-state index in [2.05, 4.69) is 5.32 Å². The highest BCUT2D eigenvalue weighted by molar-refractivity contribution is 6.31. The van der Waals surface area contributed by atoms with E-state index in [1.165, 1.54) is 0 Å². The average Bonchev–Trinajstić information content (AvgIpc) is 2.87. The molecular weight excluding hydrogens is 295 g/mol. The minimum Gasteiger partial charge on any atom is -0.349 e. The van der Waals surface area contributed by atoms with Gasteiger partial charge in [0, 0.05) is 10.9 Å². The van der Waals surface area contributed by atoms with Gasteiger partial charge in [0.05, 0.1) is 6.04 Å². The van der Waals surface area contributed by atoms with Crippen LogP contribution in [0.2, 0.25) is 5.02 Å². The number of rotatable bonds is 4. The van der Waals surface area contributed by atoms with Crippen LogP contribution in [0.25, 0.3) is 0 Å². The van der Waals surface area contributed by atoms with Gasteiger partial charge in [0.25, 0.3) is 0 Å². The van der Waals surface area contributed by atoms with E-state index >= 15 is 0 Å². The van der Waals surface area contributed by atoms with Crippen molar-refractivity contribution in [2.45, 2.75) is 32.2 Å². The van der Waals surface area contributed by atoms with Gasteiger partial charge in [-0.3, -0.25) is 4.79 Å². The SMILES string of the molecule is CC(NC(=O)[C@@H]1CCC[C@@H]1CN)c1ccccc1Cl.Cl. The lowest BCUT2D eigenvalue weighted by Gasteiger charge is -2.21. The average molecular weight is 317 g/mol. The van der Waals surface area contributed by atoms with Gasteiger partial charge in [-0.05, 0) is 43.9 Å². The molecule has 1 unspecified atom stereocenters. The summed E-state index contributed by atoms with van der Waals surface area (Å²) in [6.45, 7) is 2.56. The van der Waals surface area contributed by atoms with E-state index in [4.69, 9.17) is 17.3 Å². The molecule has 1 aromatic carbocycles. The number of amides is 1. The molecule has 0 saturated heterocycles. The Morgan fingerprint density at radius 1 is 1.45 bits per heavy atom. The van der Waals surface area contributed by atoms with E-state index in [0.717, 1.165) is 24.8 Å². The maximum absolute atomic E-state index is 12.3.